The molecule has 3 aromatic rings. The Morgan fingerprint density at radius 3 is 2.71 bits per heavy atom. The van der Waals surface area contributed by atoms with Gasteiger partial charge in [0.1, 0.15) is 0 Å². The monoisotopic (exact) mass is 371 g/mol. The standard InChI is InChI=1S/C25H25NO2/c1-26-14-12-18-8-5-9-20-23(18)21(26)16-19-10-11-22(25(27)24(19)20)28-15-13-17-6-3-2-4-7-17/h2-11,21,27H,12-16H2,1H3/t21-/m1/s1. The van der Waals surface area contributed by atoms with Crippen molar-refractivity contribution in [3.63, 3.8) is 0 Å². The molecular weight excluding hydrogens is 346 g/mol. The van der Waals surface area contributed by atoms with Gasteiger partial charge in [-0.05, 0) is 53.8 Å². The van der Waals surface area contributed by atoms with Crippen LogP contribution in [0.1, 0.15) is 28.3 Å². The normalized spacial score (nSPS) is 17.7. The summed E-state index contributed by atoms with van der Waals surface area (Å²) in [6.07, 6.45) is 2.83. The minimum Gasteiger partial charge on any atom is -0.504 e. The highest BCUT2D eigenvalue weighted by Gasteiger charge is 2.34. The van der Waals surface area contributed by atoms with Crippen LogP contribution in [0.2, 0.25) is 0 Å². The largest absolute Gasteiger partial charge is 0.504 e. The van der Waals surface area contributed by atoms with E-state index in [1.807, 2.05) is 24.3 Å². The number of fused-ring (bicyclic) bond motifs is 2. The van der Waals surface area contributed by atoms with Gasteiger partial charge < -0.3 is 9.84 Å². The number of hydrogen-bond donors (Lipinski definition) is 1. The van der Waals surface area contributed by atoms with Crippen molar-refractivity contribution < 1.29 is 9.84 Å². The number of phenols is 1. The molecule has 142 valence electrons. The van der Waals surface area contributed by atoms with E-state index in [9.17, 15) is 5.11 Å². The van der Waals surface area contributed by atoms with Crippen LogP contribution in [0, 0.1) is 0 Å². The first kappa shape index (κ1) is 17.3. The lowest BCUT2D eigenvalue weighted by molar-refractivity contribution is 0.228. The summed E-state index contributed by atoms with van der Waals surface area (Å²) in [5.41, 5.74) is 7.38. The third kappa shape index (κ3) is 2.87. The predicted octanol–water partition coefficient (Wildman–Crippen LogP) is 4.77. The molecule has 0 radical (unpaired) electrons. The molecule has 0 bridgehead atoms. The fraction of sp³-hybridized carbons (Fsp3) is 0.280. The topological polar surface area (TPSA) is 32.7 Å². The first-order valence-corrected chi connectivity index (χ1v) is 10.1. The van der Waals surface area contributed by atoms with Crippen LogP contribution in [0.5, 0.6) is 11.5 Å². The Balaban J connectivity index is 1.47. The van der Waals surface area contributed by atoms with E-state index < -0.39 is 0 Å². The van der Waals surface area contributed by atoms with Crippen molar-refractivity contribution >= 4 is 0 Å². The van der Waals surface area contributed by atoms with Crippen LogP contribution < -0.4 is 4.74 Å². The fourth-order valence-electron chi connectivity index (χ4n) is 4.71. The van der Waals surface area contributed by atoms with E-state index in [0.717, 1.165) is 31.4 Å². The molecule has 3 aromatic carbocycles. The number of aromatic hydroxyl groups is 1. The molecule has 1 atom stereocenters. The number of rotatable bonds is 4. The molecule has 3 nitrogen and oxygen atoms in total. The summed E-state index contributed by atoms with van der Waals surface area (Å²) in [6.45, 7) is 1.64. The Morgan fingerprint density at radius 1 is 1.00 bits per heavy atom. The second kappa shape index (κ2) is 6.99. The summed E-state index contributed by atoms with van der Waals surface area (Å²) in [7, 11) is 2.20. The number of ether oxygens (including phenoxy) is 1. The second-order valence-corrected chi connectivity index (χ2v) is 7.86. The molecule has 1 aliphatic heterocycles. The molecule has 3 heteroatoms. The van der Waals surface area contributed by atoms with Crippen molar-refractivity contribution in [2.24, 2.45) is 0 Å². The molecule has 2 aliphatic rings. The smallest absolute Gasteiger partial charge is 0.165 e. The zero-order valence-corrected chi connectivity index (χ0v) is 16.2. The zero-order chi connectivity index (χ0) is 19.1. The summed E-state index contributed by atoms with van der Waals surface area (Å²) in [5, 5.41) is 11.1. The van der Waals surface area contributed by atoms with Crippen molar-refractivity contribution in [3.05, 3.63) is 82.9 Å². The van der Waals surface area contributed by atoms with E-state index in [1.54, 1.807) is 0 Å². The second-order valence-electron chi connectivity index (χ2n) is 7.86. The first-order valence-electron chi connectivity index (χ1n) is 10.1. The van der Waals surface area contributed by atoms with E-state index in [1.165, 1.54) is 27.8 Å². The summed E-state index contributed by atoms with van der Waals surface area (Å²) < 4.78 is 5.98. The summed E-state index contributed by atoms with van der Waals surface area (Å²) >= 11 is 0. The quantitative estimate of drug-likeness (QED) is 0.717. The Bertz CT molecular complexity index is 1010. The van der Waals surface area contributed by atoms with Gasteiger partial charge in [0.25, 0.3) is 0 Å². The van der Waals surface area contributed by atoms with Crippen LogP contribution in [0.15, 0.2) is 60.7 Å². The van der Waals surface area contributed by atoms with E-state index >= 15 is 0 Å². The van der Waals surface area contributed by atoms with E-state index in [-0.39, 0.29) is 5.75 Å². The minimum atomic E-state index is 0.283. The maximum absolute atomic E-state index is 11.1. The SMILES string of the molecule is CN1CCc2cccc3c2[C@H]1Cc1ccc(OCCc2ccccc2)c(O)c1-3. The van der Waals surface area contributed by atoms with Gasteiger partial charge >= 0.3 is 0 Å². The van der Waals surface area contributed by atoms with E-state index in [4.69, 9.17) is 4.74 Å². The van der Waals surface area contributed by atoms with Crippen LogP contribution in [0.3, 0.4) is 0 Å². The molecule has 0 spiro atoms. The van der Waals surface area contributed by atoms with Gasteiger partial charge in [-0.1, -0.05) is 54.6 Å². The highest BCUT2D eigenvalue weighted by molar-refractivity contribution is 5.82. The molecule has 0 amide bonds. The number of likely N-dealkylation sites (N-methyl/N-ethyl adjacent to an activating group) is 1. The van der Waals surface area contributed by atoms with Gasteiger partial charge in [-0.3, -0.25) is 4.90 Å². The number of benzene rings is 3. The maximum Gasteiger partial charge on any atom is 0.165 e. The van der Waals surface area contributed by atoms with Crippen LogP contribution in [-0.4, -0.2) is 30.2 Å². The third-order valence-electron chi connectivity index (χ3n) is 6.20. The van der Waals surface area contributed by atoms with Crippen LogP contribution in [0.4, 0.5) is 0 Å². The van der Waals surface area contributed by atoms with Crippen LogP contribution in [0.25, 0.3) is 11.1 Å². The van der Waals surface area contributed by atoms with Crippen molar-refractivity contribution in [2.75, 3.05) is 20.2 Å². The van der Waals surface area contributed by atoms with Crippen molar-refractivity contribution in [3.8, 4) is 22.6 Å². The fourth-order valence-corrected chi connectivity index (χ4v) is 4.71. The third-order valence-corrected chi connectivity index (χ3v) is 6.20. The molecule has 0 aromatic heterocycles. The number of phenolic OH excluding ortho intramolecular Hbond substituents is 1. The zero-order valence-electron chi connectivity index (χ0n) is 16.2. The lowest BCUT2D eigenvalue weighted by atomic mass is 9.77. The lowest BCUT2D eigenvalue weighted by Gasteiger charge is -2.40. The summed E-state index contributed by atoms with van der Waals surface area (Å²) in [6, 6.07) is 21.3. The van der Waals surface area contributed by atoms with E-state index in [2.05, 4.69) is 48.3 Å². The highest BCUT2D eigenvalue weighted by Crippen LogP contribution is 2.50. The minimum absolute atomic E-state index is 0.283. The van der Waals surface area contributed by atoms with Crippen molar-refractivity contribution in [2.45, 2.75) is 25.3 Å². The van der Waals surface area contributed by atoms with Gasteiger partial charge in [0, 0.05) is 24.6 Å². The first-order chi connectivity index (χ1) is 13.7. The molecule has 0 saturated carbocycles. The highest BCUT2D eigenvalue weighted by atomic mass is 16.5. The molecule has 5 rings (SSSR count). The average molecular weight is 371 g/mol. The molecule has 1 aliphatic carbocycles. The molecule has 0 unspecified atom stereocenters. The summed E-state index contributed by atoms with van der Waals surface area (Å²) in [5.74, 6) is 0.862. The number of nitrogens with zero attached hydrogens (tertiary/aromatic N) is 1. The van der Waals surface area contributed by atoms with Gasteiger partial charge in [-0.2, -0.15) is 0 Å². The van der Waals surface area contributed by atoms with Gasteiger partial charge in [-0.15, -0.1) is 0 Å². The Hall–Kier alpha value is -2.78. The van der Waals surface area contributed by atoms with Crippen molar-refractivity contribution in [1.29, 1.82) is 0 Å². The van der Waals surface area contributed by atoms with Crippen LogP contribution >= 0.6 is 0 Å². The molecule has 1 heterocycles. The van der Waals surface area contributed by atoms with Crippen molar-refractivity contribution in [1.82, 2.24) is 4.90 Å². The maximum atomic E-state index is 11.1. The van der Waals surface area contributed by atoms with Gasteiger partial charge in [0.15, 0.2) is 11.5 Å². The Morgan fingerprint density at radius 2 is 1.86 bits per heavy atom. The number of hydrogen-bond acceptors (Lipinski definition) is 3. The molecule has 1 N–H and O–H groups in total. The Labute approximate surface area is 166 Å². The molecular formula is C25H25NO2. The Kier molecular flexibility index (Phi) is 4.33. The molecule has 0 fully saturated rings. The van der Waals surface area contributed by atoms with Crippen LogP contribution in [-0.2, 0) is 19.3 Å². The summed E-state index contributed by atoms with van der Waals surface area (Å²) in [4.78, 5) is 2.44. The molecule has 28 heavy (non-hydrogen) atoms. The van der Waals surface area contributed by atoms with Gasteiger partial charge in [0.05, 0.1) is 6.61 Å². The molecule has 0 saturated heterocycles. The average Bonchev–Trinajstić information content (AvgIpc) is 2.73. The van der Waals surface area contributed by atoms with E-state index in [0.29, 0.717) is 18.4 Å². The lowest BCUT2D eigenvalue weighted by Crippen LogP contribution is -2.35. The van der Waals surface area contributed by atoms with Gasteiger partial charge in [-0.25, -0.2) is 0 Å². The van der Waals surface area contributed by atoms with Gasteiger partial charge in [0.2, 0.25) is 0 Å². The predicted molar refractivity (Wildman–Crippen MR) is 112 cm³/mol.